The predicted octanol–water partition coefficient (Wildman–Crippen LogP) is 3.14. The first-order chi connectivity index (χ1) is 15.8. The molecule has 0 radical (unpaired) electrons. The lowest BCUT2D eigenvalue weighted by molar-refractivity contribution is -0.159. The Morgan fingerprint density at radius 2 is 1.79 bits per heavy atom. The standard InChI is InChI=1S/C24H27FN2O5S/c1-17(23(28)27-15-5-7-18-6-2-3-9-22(18)27)32-24(29)19-8-4-14-26(16-19)33(30,31)21-12-10-20(25)11-13-21/h2-3,6,9-13,17,19H,4-5,7-8,14-16H2,1H3/t17-,19-/m1/s1. The van der Waals surface area contributed by atoms with Gasteiger partial charge in [0.15, 0.2) is 6.10 Å². The number of hydrogen-bond donors (Lipinski definition) is 0. The van der Waals surface area contributed by atoms with Gasteiger partial charge in [0.1, 0.15) is 5.82 Å². The minimum Gasteiger partial charge on any atom is -0.452 e. The van der Waals surface area contributed by atoms with Crippen molar-refractivity contribution in [3.05, 3.63) is 59.9 Å². The first-order valence-electron chi connectivity index (χ1n) is 11.1. The van der Waals surface area contributed by atoms with E-state index in [4.69, 9.17) is 4.74 Å². The largest absolute Gasteiger partial charge is 0.452 e. The maximum Gasteiger partial charge on any atom is 0.311 e. The number of para-hydroxylation sites is 1. The summed E-state index contributed by atoms with van der Waals surface area (Å²) in [6.07, 6.45) is 1.72. The van der Waals surface area contributed by atoms with Crippen molar-refractivity contribution < 1.29 is 27.1 Å². The number of carbonyl (C=O) groups excluding carboxylic acids is 2. The zero-order chi connectivity index (χ0) is 23.6. The first kappa shape index (κ1) is 23.4. The van der Waals surface area contributed by atoms with Gasteiger partial charge in [0, 0.05) is 25.3 Å². The summed E-state index contributed by atoms with van der Waals surface area (Å²) in [6.45, 7) is 2.34. The summed E-state index contributed by atoms with van der Waals surface area (Å²) in [5.74, 6) is -2.07. The maximum absolute atomic E-state index is 13.2. The van der Waals surface area contributed by atoms with Gasteiger partial charge in [0.2, 0.25) is 10.0 Å². The van der Waals surface area contributed by atoms with Crippen LogP contribution in [0.15, 0.2) is 53.4 Å². The highest BCUT2D eigenvalue weighted by molar-refractivity contribution is 7.89. The Hall–Kier alpha value is -2.78. The van der Waals surface area contributed by atoms with Crippen LogP contribution < -0.4 is 4.90 Å². The number of fused-ring (bicyclic) bond motifs is 1. The molecule has 0 aromatic heterocycles. The molecule has 2 aromatic rings. The van der Waals surface area contributed by atoms with E-state index in [0.717, 1.165) is 36.2 Å². The Kier molecular flexibility index (Phi) is 6.81. The molecule has 2 heterocycles. The zero-order valence-corrected chi connectivity index (χ0v) is 19.3. The van der Waals surface area contributed by atoms with E-state index >= 15 is 0 Å². The van der Waals surface area contributed by atoms with E-state index in [9.17, 15) is 22.4 Å². The fraction of sp³-hybridized carbons (Fsp3) is 0.417. The van der Waals surface area contributed by atoms with Crippen molar-refractivity contribution in [2.75, 3.05) is 24.5 Å². The van der Waals surface area contributed by atoms with Gasteiger partial charge in [-0.2, -0.15) is 4.31 Å². The third kappa shape index (κ3) is 4.94. The maximum atomic E-state index is 13.2. The molecule has 0 spiro atoms. The van der Waals surface area contributed by atoms with Crippen LogP contribution in [0.3, 0.4) is 0 Å². The molecule has 2 aliphatic rings. The average molecular weight is 475 g/mol. The van der Waals surface area contributed by atoms with E-state index in [1.807, 2.05) is 24.3 Å². The van der Waals surface area contributed by atoms with E-state index in [1.54, 1.807) is 11.8 Å². The Balaban J connectivity index is 1.41. The Bertz CT molecular complexity index is 1140. The lowest BCUT2D eigenvalue weighted by Gasteiger charge is -2.33. The van der Waals surface area contributed by atoms with Crippen molar-refractivity contribution in [3.63, 3.8) is 0 Å². The second-order valence-corrected chi connectivity index (χ2v) is 10.4. The van der Waals surface area contributed by atoms with Gasteiger partial charge in [-0.3, -0.25) is 9.59 Å². The number of sulfonamides is 1. The number of esters is 1. The number of ether oxygens (including phenoxy) is 1. The number of nitrogens with zero attached hydrogens (tertiary/aromatic N) is 2. The minimum atomic E-state index is -3.86. The lowest BCUT2D eigenvalue weighted by atomic mass is 10.00. The van der Waals surface area contributed by atoms with Gasteiger partial charge in [-0.1, -0.05) is 18.2 Å². The third-order valence-electron chi connectivity index (χ3n) is 6.19. The quantitative estimate of drug-likeness (QED) is 0.622. The fourth-order valence-electron chi connectivity index (χ4n) is 4.41. The van der Waals surface area contributed by atoms with E-state index in [0.29, 0.717) is 19.4 Å². The van der Waals surface area contributed by atoms with Gasteiger partial charge in [-0.15, -0.1) is 0 Å². The SMILES string of the molecule is C[C@@H](OC(=O)[C@@H]1CCCN(S(=O)(=O)c2ccc(F)cc2)C1)C(=O)N1CCCc2ccccc21. The lowest BCUT2D eigenvalue weighted by Crippen LogP contribution is -2.46. The van der Waals surface area contributed by atoms with Gasteiger partial charge in [0.05, 0.1) is 10.8 Å². The van der Waals surface area contributed by atoms with Crippen LogP contribution in [-0.4, -0.2) is 50.3 Å². The number of benzene rings is 2. The number of rotatable bonds is 5. The second-order valence-electron chi connectivity index (χ2n) is 8.46. The van der Waals surface area contributed by atoms with Crippen molar-refractivity contribution >= 4 is 27.6 Å². The summed E-state index contributed by atoms with van der Waals surface area (Å²) in [5, 5.41) is 0. The predicted molar refractivity (Wildman–Crippen MR) is 121 cm³/mol. The molecule has 1 amide bonds. The van der Waals surface area contributed by atoms with Crippen LogP contribution in [0.2, 0.25) is 0 Å². The molecule has 0 bridgehead atoms. The van der Waals surface area contributed by atoms with Gasteiger partial charge in [-0.05, 0) is 68.5 Å². The summed E-state index contributed by atoms with van der Waals surface area (Å²) in [5.41, 5.74) is 1.93. The Morgan fingerprint density at radius 1 is 1.06 bits per heavy atom. The highest BCUT2D eigenvalue weighted by Gasteiger charge is 2.36. The molecule has 2 aliphatic heterocycles. The molecule has 2 atom stereocenters. The molecule has 176 valence electrons. The van der Waals surface area contributed by atoms with Crippen LogP contribution in [0.1, 0.15) is 31.7 Å². The van der Waals surface area contributed by atoms with Crippen LogP contribution in [0.25, 0.3) is 0 Å². The summed E-state index contributed by atoms with van der Waals surface area (Å²) in [4.78, 5) is 27.5. The smallest absolute Gasteiger partial charge is 0.311 e. The van der Waals surface area contributed by atoms with Crippen LogP contribution >= 0.6 is 0 Å². The van der Waals surface area contributed by atoms with E-state index in [1.165, 1.54) is 16.4 Å². The first-order valence-corrected chi connectivity index (χ1v) is 12.6. The van der Waals surface area contributed by atoms with Crippen LogP contribution in [0.5, 0.6) is 0 Å². The number of hydrogen-bond acceptors (Lipinski definition) is 5. The van der Waals surface area contributed by atoms with Crippen LogP contribution in [-0.2, 0) is 30.8 Å². The summed E-state index contributed by atoms with van der Waals surface area (Å²) in [7, 11) is -3.86. The number of anilines is 1. The Morgan fingerprint density at radius 3 is 2.55 bits per heavy atom. The molecule has 9 heteroatoms. The van der Waals surface area contributed by atoms with Crippen molar-refractivity contribution in [2.24, 2.45) is 5.92 Å². The van der Waals surface area contributed by atoms with Gasteiger partial charge < -0.3 is 9.64 Å². The van der Waals surface area contributed by atoms with Crippen molar-refractivity contribution in [2.45, 2.75) is 43.6 Å². The van der Waals surface area contributed by atoms with E-state index in [-0.39, 0.29) is 23.9 Å². The molecule has 7 nitrogen and oxygen atoms in total. The van der Waals surface area contributed by atoms with Crippen LogP contribution in [0.4, 0.5) is 10.1 Å². The number of halogens is 1. The highest BCUT2D eigenvalue weighted by Crippen LogP contribution is 2.28. The minimum absolute atomic E-state index is 0.0229. The highest BCUT2D eigenvalue weighted by atomic mass is 32.2. The second kappa shape index (κ2) is 9.61. The molecular formula is C24H27FN2O5S. The van der Waals surface area contributed by atoms with Crippen molar-refractivity contribution in [1.82, 2.24) is 4.31 Å². The molecule has 2 aromatic carbocycles. The molecule has 0 unspecified atom stereocenters. The molecule has 0 N–H and O–H groups in total. The zero-order valence-electron chi connectivity index (χ0n) is 18.4. The van der Waals surface area contributed by atoms with Gasteiger partial charge in [-0.25, -0.2) is 12.8 Å². The number of carbonyl (C=O) groups is 2. The summed E-state index contributed by atoms with van der Waals surface area (Å²) >= 11 is 0. The van der Waals surface area contributed by atoms with Crippen molar-refractivity contribution in [3.8, 4) is 0 Å². The molecule has 1 saturated heterocycles. The Labute approximate surface area is 193 Å². The average Bonchev–Trinajstić information content (AvgIpc) is 2.83. The fourth-order valence-corrected chi connectivity index (χ4v) is 5.94. The van der Waals surface area contributed by atoms with Gasteiger partial charge in [0.25, 0.3) is 5.91 Å². The number of amides is 1. The molecule has 4 rings (SSSR count). The summed E-state index contributed by atoms with van der Waals surface area (Å²) < 4.78 is 45.7. The number of piperidine rings is 1. The van der Waals surface area contributed by atoms with Crippen LogP contribution in [0, 0.1) is 11.7 Å². The molecular weight excluding hydrogens is 447 g/mol. The van der Waals surface area contributed by atoms with Crippen molar-refractivity contribution in [1.29, 1.82) is 0 Å². The molecule has 33 heavy (non-hydrogen) atoms. The molecule has 0 aliphatic carbocycles. The van der Waals surface area contributed by atoms with E-state index < -0.39 is 33.8 Å². The van der Waals surface area contributed by atoms with E-state index in [2.05, 4.69) is 0 Å². The number of aryl methyl sites for hydroxylation is 1. The monoisotopic (exact) mass is 474 g/mol. The topological polar surface area (TPSA) is 84.0 Å². The molecule has 0 saturated carbocycles. The van der Waals surface area contributed by atoms with Gasteiger partial charge >= 0.3 is 5.97 Å². The summed E-state index contributed by atoms with van der Waals surface area (Å²) in [6, 6.07) is 12.3. The third-order valence-corrected chi connectivity index (χ3v) is 8.07. The molecule has 1 fully saturated rings. The normalized spacial score (nSPS) is 20.1.